The summed E-state index contributed by atoms with van der Waals surface area (Å²) in [7, 11) is 0. The Morgan fingerprint density at radius 2 is 2.50 bits per heavy atom. The molecule has 0 fully saturated rings. The Bertz CT molecular complexity index is 513. The van der Waals surface area contributed by atoms with Crippen molar-refractivity contribution < 1.29 is 4.79 Å². The molecule has 2 rings (SSSR count). The second-order valence-electron chi connectivity index (χ2n) is 3.53. The third kappa shape index (κ3) is 1.94. The monoisotopic (exact) mass is 233 g/mol. The molecule has 16 heavy (non-hydrogen) atoms. The molecule has 0 aliphatic rings. The average Bonchev–Trinajstić information content (AvgIpc) is 2.84. The molecule has 0 aliphatic heterocycles. The molecule has 0 aromatic carbocycles. The Morgan fingerprint density at radius 1 is 1.69 bits per heavy atom. The van der Waals surface area contributed by atoms with Crippen LogP contribution < -0.4 is 0 Å². The van der Waals surface area contributed by atoms with Crippen LogP contribution in [0.25, 0.3) is 10.6 Å². The van der Waals surface area contributed by atoms with Crippen molar-refractivity contribution in [3.8, 4) is 10.6 Å². The minimum atomic E-state index is 0.378. The van der Waals surface area contributed by atoms with Gasteiger partial charge in [-0.05, 0) is 18.4 Å². The van der Waals surface area contributed by atoms with E-state index in [-0.39, 0.29) is 0 Å². The molecule has 0 N–H and O–H groups in total. The quantitative estimate of drug-likeness (QED) is 0.601. The molecule has 0 radical (unpaired) electrons. The lowest BCUT2D eigenvalue weighted by Crippen LogP contribution is -2.03. The number of hydrogen-bond donors (Lipinski definition) is 0. The number of nitrogens with zero attached hydrogens (tertiary/aromatic N) is 3. The molecule has 0 aliphatic carbocycles. The SMILES string of the molecule is C=C(C)Cn1nnc(C=O)c1-c1cccs1. The molecule has 0 saturated heterocycles. The maximum absolute atomic E-state index is 10.9. The van der Waals surface area contributed by atoms with Gasteiger partial charge in [-0.15, -0.1) is 16.4 Å². The summed E-state index contributed by atoms with van der Waals surface area (Å²) in [5.74, 6) is 0. The van der Waals surface area contributed by atoms with Gasteiger partial charge in [-0.3, -0.25) is 4.79 Å². The fourth-order valence-electron chi connectivity index (χ4n) is 1.44. The van der Waals surface area contributed by atoms with E-state index in [9.17, 15) is 4.79 Å². The number of aromatic nitrogens is 3. The van der Waals surface area contributed by atoms with Gasteiger partial charge in [0.2, 0.25) is 0 Å². The zero-order valence-electron chi connectivity index (χ0n) is 8.88. The minimum absolute atomic E-state index is 0.378. The molecular weight excluding hydrogens is 222 g/mol. The molecule has 4 nitrogen and oxygen atoms in total. The summed E-state index contributed by atoms with van der Waals surface area (Å²) in [5.41, 5.74) is 2.12. The van der Waals surface area contributed by atoms with Crippen LogP contribution in [0.4, 0.5) is 0 Å². The second-order valence-corrected chi connectivity index (χ2v) is 4.48. The Kier molecular flexibility index (Phi) is 2.96. The Hall–Kier alpha value is -1.75. The van der Waals surface area contributed by atoms with Gasteiger partial charge in [0.1, 0.15) is 5.69 Å². The molecule has 0 unspecified atom stereocenters. The van der Waals surface area contributed by atoms with Crippen LogP contribution in [0.2, 0.25) is 0 Å². The molecule has 0 bridgehead atoms. The Labute approximate surface area is 97.2 Å². The number of aldehydes is 1. The smallest absolute Gasteiger partial charge is 0.172 e. The molecular formula is C11H11N3OS. The van der Waals surface area contributed by atoms with Crippen LogP contribution in [0.1, 0.15) is 17.4 Å². The van der Waals surface area contributed by atoms with Gasteiger partial charge in [-0.2, -0.15) is 0 Å². The zero-order chi connectivity index (χ0) is 11.5. The number of carbonyl (C=O) groups excluding carboxylic acids is 1. The van der Waals surface area contributed by atoms with Crippen molar-refractivity contribution in [2.24, 2.45) is 0 Å². The van der Waals surface area contributed by atoms with Crippen LogP contribution in [0, 0.1) is 0 Å². The van der Waals surface area contributed by atoms with Crippen molar-refractivity contribution in [1.29, 1.82) is 0 Å². The molecule has 0 saturated carbocycles. The maximum Gasteiger partial charge on any atom is 0.172 e. The van der Waals surface area contributed by atoms with Crippen molar-refractivity contribution in [2.75, 3.05) is 0 Å². The van der Waals surface area contributed by atoms with Crippen LogP contribution in [-0.4, -0.2) is 21.3 Å². The maximum atomic E-state index is 10.9. The third-order valence-electron chi connectivity index (χ3n) is 2.05. The lowest BCUT2D eigenvalue weighted by Gasteiger charge is -2.04. The number of thiophene rings is 1. The van der Waals surface area contributed by atoms with E-state index >= 15 is 0 Å². The van der Waals surface area contributed by atoms with Crippen LogP contribution in [0.3, 0.4) is 0 Å². The molecule has 0 atom stereocenters. The Morgan fingerprint density at radius 3 is 3.06 bits per heavy atom. The van der Waals surface area contributed by atoms with Gasteiger partial charge in [0.05, 0.1) is 11.4 Å². The molecule has 2 aromatic heterocycles. The largest absolute Gasteiger partial charge is 0.296 e. The first-order valence-corrected chi connectivity index (χ1v) is 5.67. The fourth-order valence-corrected chi connectivity index (χ4v) is 2.22. The van der Waals surface area contributed by atoms with E-state index in [0.29, 0.717) is 12.2 Å². The summed E-state index contributed by atoms with van der Waals surface area (Å²) in [4.78, 5) is 11.9. The van der Waals surface area contributed by atoms with Gasteiger partial charge in [0.15, 0.2) is 12.0 Å². The molecule has 2 heterocycles. The van der Waals surface area contributed by atoms with Gasteiger partial charge < -0.3 is 0 Å². The summed E-state index contributed by atoms with van der Waals surface area (Å²) in [5, 5.41) is 9.78. The lowest BCUT2D eigenvalue weighted by molar-refractivity contribution is 0.111. The Balaban J connectivity index is 2.51. The second kappa shape index (κ2) is 4.40. The first-order chi connectivity index (χ1) is 7.72. The molecule has 0 spiro atoms. The van der Waals surface area contributed by atoms with Crippen LogP contribution in [0.5, 0.6) is 0 Å². The zero-order valence-corrected chi connectivity index (χ0v) is 9.70. The van der Waals surface area contributed by atoms with Crippen molar-refractivity contribution in [3.05, 3.63) is 35.4 Å². The fraction of sp³-hybridized carbons (Fsp3) is 0.182. The van der Waals surface area contributed by atoms with E-state index in [2.05, 4.69) is 16.9 Å². The van der Waals surface area contributed by atoms with Crippen LogP contribution >= 0.6 is 11.3 Å². The summed E-state index contributed by atoms with van der Waals surface area (Å²) < 4.78 is 1.71. The normalized spacial score (nSPS) is 10.3. The standard InChI is InChI=1S/C11H11N3OS/c1-8(2)6-14-11(9(7-15)12-13-14)10-4-3-5-16-10/h3-5,7H,1,6H2,2H3. The first kappa shape index (κ1) is 10.8. The highest BCUT2D eigenvalue weighted by atomic mass is 32.1. The topological polar surface area (TPSA) is 47.8 Å². The third-order valence-corrected chi connectivity index (χ3v) is 2.92. The van der Waals surface area contributed by atoms with Gasteiger partial charge in [-0.1, -0.05) is 23.4 Å². The number of carbonyl (C=O) groups is 1. The van der Waals surface area contributed by atoms with Gasteiger partial charge in [0, 0.05) is 0 Å². The van der Waals surface area contributed by atoms with E-state index in [4.69, 9.17) is 0 Å². The predicted molar refractivity (Wildman–Crippen MR) is 63.5 cm³/mol. The van der Waals surface area contributed by atoms with Gasteiger partial charge in [-0.25, -0.2) is 4.68 Å². The van der Waals surface area contributed by atoms with E-state index in [1.54, 1.807) is 16.0 Å². The summed E-state index contributed by atoms with van der Waals surface area (Å²) in [6.45, 7) is 6.33. The van der Waals surface area contributed by atoms with E-state index in [1.165, 1.54) is 0 Å². The van der Waals surface area contributed by atoms with Crippen molar-refractivity contribution in [3.63, 3.8) is 0 Å². The summed E-state index contributed by atoms with van der Waals surface area (Å²) in [6.07, 6.45) is 0.733. The van der Waals surface area contributed by atoms with Crippen molar-refractivity contribution in [2.45, 2.75) is 13.5 Å². The number of rotatable bonds is 4. The minimum Gasteiger partial charge on any atom is -0.296 e. The van der Waals surface area contributed by atoms with Crippen LogP contribution in [0.15, 0.2) is 29.7 Å². The summed E-state index contributed by atoms with van der Waals surface area (Å²) >= 11 is 1.56. The highest BCUT2D eigenvalue weighted by Crippen LogP contribution is 2.26. The molecule has 82 valence electrons. The lowest BCUT2D eigenvalue weighted by atomic mass is 10.2. The highest BCUT2D eigenvalue weighted by molar-refractivity contribution is 7.13. The summed E-state index contributed by atoms with van der Waals surface area (Å²) in [6, 6.07) is 3.89. The van der Waals surface area contributed by atoms with Crippen molar-refractivity contribution >= 4 is 17.6 Å². The number of allylic oxidation sites excluding steroid dienone is 1. The van der Waals surface area contributed by atoms with Crippen molar-refractivity contribution in [1.82, 2.24) is 15.0 Å². The van der Waals surface area contributed by atoms with Crippen LogP contribution in [-0.2, 0) is 6.54 Å². The molecule has 2 aromatic rings. The van der Waals surface area contributed by atoms with Gasteiger partial charge in [0.25, 0.3) is 0 Å². The van der Waals surface area contributed by atoms with E-state index < -0.39 is 0 Å². The van der Waals surface area contributed by atoms with E-state index in [1.807, 2.05) is 24.4 Å². The first-order valence-electron chi connectivity index (χ1n) is 4.79. The number of hydrogen-bond acceptors (Lipinski definition) is 4. The average molecular weight is 233 g/mol. The highest BCUT2D eigenvalue weighted by Gasteiger charge is 2.14. The molecule has 0 amide bonds. The van der Waals surface area contributed by atoms with E-state index in [0.717, 1.165) is 22.4 Å². The van der Waals surface area contributed by atoms with Gasteiger partial charge >= 0.3 is 0 Å². The molecule has 5 heteroatoms. The predicted octanol–water partition coefficient (Wildman–Crippen LogP) is 2.40.